The lowest BCUT2D eigenvalue weighted by atomic mass is 9.83. The van der Waals surface area contributed by atoms with Crippen LogP contribution in [0.4, 0.5) is 34.1 Å². The standard InChI is InChI=1S/C62H36N2O2S2/c1-11-27-55-41(15-1)61-43(17-13-29-57(61)67-55)59-39-33-31-38(64-49-21-5-9-25-53(49)66-54-26-10-6-22-50(54)64)36-46(39)60(44-18-14-30-58-62(44)42-16-2-12-28-56(42)68-58)40-34-32-37(35-45(40)59)63-47-19-3-7-23-51(47)65-52-24-8-4-20-48(52)63/h1-36H. The molecule has 0 spiro atoms. The number of nitrogens with zero attached hydrogens (tertiary/aromatic N) is 2. The van der Waals surface area contributed by atoms with E-state index < -0.39 is 0 Å². The van der Waals surface area contributed by atoms with Crippen LogP contribution in [0, 0.1) is 0 Å². The molecular weight excluding hydrogens is 869 g/mol. The maximum Gasteiger partial charge on any atom is 0.151 e. The predicted octanol–water partition coefficient (Wildman–Crippen LogP) is 19.2. The van der Waals surface area contributed by atoms with Gasteiger partial charge in [0.05, 0.1) is 22.7 Å². The highest BCUT2D eigenvalue weighted by molar-refractivity contribution is 7.26. The molecule has 0 saturated heterocycles. The Kier molecular flexibility index (Phi) is 8.07. The zero-order valence-electron chi connectivity index (χ0n) is 36.3. The Bertz CT molecular complexity index is 3900. The molecule has 0 radical (unpaired) electrons. The number of hydrogen-bond donors (Lipinski definition) is 0. The van der Waals surface area contributed by atoms with Gasteiger partial charge in [0.2, 0.25) is 0 Å². The predicted molar refractivity (Wildman–Crippen MR) is 288 cm³/mol. The van der Waals surface area contributed by atoms with E-state index >= 15 is 0 Å². The molecule has 4 nitrogen and oxygen atoms in total. The van der Waals surface area contributed by atoms with E-state index in [0.717, 1.165) is 57.1 Å². The molecule has 0 atom stereocenters. The zero-order valence-corrected chi connectivity index (χ0v) is 37.9. The van der Waals surface area contributed by atoms with Crippen LogP contribution < -0.4 is 19.3 Å². The summed E-state index contributed by atoms with van der Waals surface area (Å²) in [6.45, 7) is 0. The van der Waals surface area contributed by atoms with Crippen LogP contribution in [-0.2, 0) is 0 Å². The lowest BCUT2D eigenvalue weighted by Gasteiger charge is -2.33. The highest BCUT2D eigenvalue weighted by Gasteiger charge is 2.30. The molecule has 15 rings (SSSR count). The van der Waals surface area contributed by atoms with Gasteiger partial charge in [-0.2, -0.15) is 0 Å². The second kappa shape index (κ2) is 14.5. The van der Waals surface area contributed by atoms with Crippen molar-refractivity contribution in [3.05, 3.63) is 218 Å². The first-order valence-electron chi connectivity index (χ1n) is 22.9. The van der Waals surface area contributed by atoms with Gasteiger partial charge in [0.25, 0.3) is 0 Å². The second-order valence-corrected chi connectivity index (χ2v) is 19.7. The van der Waals surface area contributed by atoms with Crippen molar-refractivity contribution in [2.24, 2.45) is 0 Å². The summed E-state index contributed by atoms with van der Waals surface area (Å²) in [5.74, 6) is 3.31. The first-order valence-corrected chi connectivity index (χ1v) is 24.5. The first-order chi connectivity index (χ1) is 33.7. The Morgan fingerprint density at radius 3 is 1.04 bits per heavy atom. The molecule has 0 aliphatic carbocycles. The second-order valence-electron chi connectivity index (χ2n) is 17.5. The molecule has 318 valence electrons. The van der Waals surface area contributed by atoms with Crippen LogP contribution in [0.3, 0.4) is 0 Å². The number of rotatable bonds is 4. The van der Waals surface area contributed by atoms with Crippen molar-refractivity contribution in [1.29, 1.82) is 0 Å². The molecule has 0 fully saturated rings. The van der Waals surface area contributed by atoms with E-state index in [9.17, 15) is 0 Å². The van der Waals surface area contributed by atoms with Crippen LogP contribution in [0.2, 0.25) is 0 Å². The minimum atomic E-state index is 0.829. The van der Waals surface area contributed by atoms with Gasteiger partial charge in [-0.25, -0.2) is 0 Å². The van der Waals surface area contributed by atoms with Crippen LogP contribution in [-0.4, -0.2) is 0 Å². The molecule has 0 saturated carbocycles. The van der Waals surface area contributed by atoms with E-state index in [0.29, 0.717) is 0 Å². The summed E-state index contributed by atoms with van der Waals surface area (Å²) in [5, 5.41) is 9.84. The lowest BCUT2D eigenvalue weighted by molar-refractivity contribution is 0.477. The molecule has 0 bridgehead atoms. The monoisotopic (exact) mass is 904 g/mol. The van der Waals surface area contributed by atoms with Gasteiger partial charge in [-0.3, -0.25) is 0 Å². The number of benzene rings is 11. The summed E-state index contributed by atoms with van der Waals surface area (Å²) in [6, 6.07) is 79.2. The Labute approximate surface area is 399 Å². The molecule has 11 aromatic carbocycles. The summed E-state index contributed by atoms with van der Waals surface area (Å²) in [5.41, 5.74) is 11.0. The molecule has 68 heavy (non-hydrogen) atoms. The maximum absolute atomic E-state index is 6.55. The molecule has 6 heteroatoms. The quantitative estimate of drug-likeness (QED) is 0.164. The van der Waals surface area contributed by atoms with Gasteiger partial charge in [0, 0.05) is 51.7 Å². The van der Waals surface area contributed by atoms with Crippen LogP contribution in [0.5, 0.6) is 23.0 Å². The fourth-order valence-corrected chi connectivity index (χ4v) is 13.3. The van der Waals surface area contributed by atoms with Crippen molar-refractivity contribution in [3.63, 3.8) is 0 Å². The molecule has 4 heterocycles. The van der Waals surface area contributed by atoms with Crippen molar-refractivity contribution in [2.75, 3.05) is 9.80 Å². The minimum Gasteiger partial charge on any atom is -0.453 e. The minimum absolute atomic E-state index is 0.829. The van der Waals surface area contributed by atoms with Gasteiger partial charge >= 0.3 is 0 Å². The molecule has 0 N–H and O–H groups in total. The topological polar surface area (TPSA) is 24.9 Å². The third-order valence-corrected chi connectivity index (χ3v) is 16.1. The molecule has 2 aromatic heterocycles. The Morgan fingerprint density at radius 1 is 0.279 bits per heavy atom. The van der Waals surface area contributed by atoms with Crippen molar-refractivity contribution >= 4 is 119 Å². The third kappa shape index (κ3) is 5.47. The summed E-state index contributed by atoms with van der Waals surface area (Å²) < 4.78 is 18.2. The maximum atomic E-state index is 6.55. The van der Waals surface area contributed by atoms with Crippen LogP contribution >= 0.6 is 22.7 Å². The van der Waals surface area contributed by atoms with Crippen molar-refractivity contribution in [1.82, 2.24) is 0 Å². The van der Waals surface area contributed by atoms with Gasteiger partial charge < -0.3 is 19.3 Å². The zero-order chi connectivity index (χ0) is 44.5. The fourth-order valence-electron chi connectivity index (χ4n) is 11.0. The summed E-state index contributed by atoms with van der Waals surface area (Å²) >= 11 is 3.73. The average molecular weight is 905 g/mol. The SMILES string of the molecule is c1ccc2c(c1)Oc1ccccc1N2c1ccc2c(-c3cccc4sc5ccccc5c34)c3cc(N4c5ccccc5Oc5ccccc54)ccc3c(-c3cccc4sc5ccccc5c34)c2c1. The van der Waals surface area contributed by atoms with Gasteiger partial charge in [-0.1, -0.05) is 121 Å². The van der Waals surface area contributed by atoms with E-state index in [4.69, 9.17) is 9.47 Å². The molecule has 0 unspecified atom stereocenters. The van der Waals surface area contributed by atoms with Gasteiger partial charge in [0.15, 0.2) is 23.0 Å². The number of thiophene rings is 2. The number of fused-ring (bicyclic) bond motifs is 12. The molecule has 13 aromatic rings. The van der Waals surface area contributed by atoms with E-state index in [1.165, 1.54) is 84.1 Å². The number of ether oxygens (including phenoxy) is 2. The van der Waals surface area contributed by atoms with E-state index in [1.54, 1.807) is 0 Å². The van der Waals surface area contributed by atoms with Gasteiger partial charge in [-0.15, -0.1) is 22.7 Å². The molecule has 2 aliphatic rings. The Balaban J connectivity index is 1.12. The smallest absolute Gasteiger partial charge is 0.151 e. The van der Waals surface area contributed by atoms with E-state index in [-0.39, 0.29) is 0 Å². The third-order valence-electron chi connectivity index (χ3n) is 13.8. The molecule has 2 aliphatic heterocycles. The molecular formula is C62H36N2O2S2. The van der Waals surface area contributed by atoms with Crippen molar-refractivity contribution < 1.29 is 9.47 Å². The Morgan fingerprint density at radius 2 is 0.632 bits per heavy atom. The highest BCUT2D eigenvalue weighted by Crippen LogP contribution is 2.56. The van der Waals surface area contributed by atoms with Gasteiger partial charge in [-0.05, 0) is 141 Å². The highest BCUT2D eigenvalue weighted by atomic mass is 32.1. The lowest BCUT2D eigenvalue weighted by Crippen LogP contribution is -2.16. The van der Waals surface area contributed by atoms with Crippen molar-refractivity contribution in [3.8, 4) is 45.3 Å². The number of para-hydroxylation sites is 8. The van der Waals surface area contributed by atoms with Gasteiger partial charge in [0.1, 0.15) is 0 Å². The van der Waals surface area contributed by atoms with E-state index in [2.05, 4.69) is 204 Å². The summed E-state index contributed by atoms with van der Waals surface area (Å²) in [4.78, 5) is 4.73. The normalized spacial score (nSPS) is 12.9. The number of anilines is 6. The largest absolute Gasteiger partial charge is 0.453 e. The van der Waals surface area contributed by atoms with Crippen LogP contribution in [0.15, 0.2) is 218 Å². The number of hydrogen-bond acceptors (Lipinski definition) is 6. The fraction of sp³-hybridized carbons (Fsp3) is 0. The summed E-state index contributed by atoms with van der Waals surface area (Å²) in [6.07, 6.45) is 0. The summed E-state index contributed by atoms with van der Waals surface area (Å²) in [7, 11) is 0. The van der Waals surface area contributed by atoms with Crippen LogP contribution in [0.25, 0.3) is 84.1 Å². The van der Waals surface area contributed by atoms with Crippen molar-refractivity contribution in [2.45, 2.75) is 0 Å². The molecule has 0 amide bonds. The average Bonchev–Trinajstić information content (AvgIpc) is 3.98. The first kappa shape index (κ1) is 37.8. The van der Waals surface area contributed by atoms with Crippen LogP contribution in [0.1, 0.15) is 0 Å². The Hall–Kier alpha value is -8.42. The van der Waals surface area contributed by atoms with E-state index in [1.807, 2.05) is 46.9 Å².